The molecular formula is C13H20N2O4S. The van der Waals surface area contributed by atoms with Gasteiger partial charge in [-0.15, -0.1) is 0 Å². The molecular weight excluding hydrogens is 280 g/mol. The van der Waals surface area contributed by atoms with E-state index in [0.29, 0.717) is 0 Å². The summed E-state index contributed by atoms with van der Waals surface area (Å²) in [4.78, 5) is 11.2. The van der Waals surface area contributed by atoms with Gasteiger partial charge in [-0.05, 0) is 46.1 Å². The Morgan fingerprint density at radius 2 is 2.05 bits per heavy atom. The molecule has 7 heteroatoms. The maximum atomic E-state index is 12.3. The van der Waals surface area contributed by atoms with Crippen molar-refractivity contribution in [2.75, 3.05) is 0 Å². The molecule has 0 aliphatic heterocycles. The van der Waals surface area contributed by atoms with Crippen LogP contribution in [0.15, 0.2) is 17.2 Å². The molecule has 6 nitrogen and oxygen atoms in total. The smallest absolute Gasteiger partial charge is 0.352 e. The lowest BCUT2D eigenvalue weighted by Crippen LogP contribution is -2.50. The monoisotopic (exact) mass is 300 g/mol. The Bertz CT molecular complexity index is 627. The summed E-state index contributed by atoms with van der Waals surface area (Å²) in [6.07, 6.45) is 4.01. The molecule has 1 aromatic heterocycles. The first-order valence-electron chi connectivity index (χ1n) is 6.64. The summed E-state index contributed by atoms with van der Waals surface area (Å²) in [5, 5.41) is 9.15. The zero-order valence-electron chi connectivity index (χ0n) is 11.9. The summed E-state index contributed by atoms with van der Waals surface area (Å²) in [5.41, 5.74) is -0.415. The molecule has 1 heterocycles. The Kier molecular flexibility index (Phi) is 3.68. The number of carboxylic acids is 1. The molecule has 1 aliphatic carbocycles. The first-order valence-corrected chi connectivity index (χ1v) is 8.12. The molecule has 0 atom stereocenters. The first kappa shape index (κ1) is 15.1. The van der Waals surface area contributed by atoms with E-state index in [9.17, 15) is 13.2 Å². The third-order valence-corrected chi connectivity index (χ3v) is 5.35. The molecule has 112 valence electrons. The number of nitrogens with one attached hydrogen (secondary N) is 1. The molecule has 0 aromatic carbocycles. The van der Waals surface area contributed by atoms with E-state index in [0.717, 1.165) is 19.3 Å². The number of hydrogen-bond donors (Lipinski definition) is 2. The van der Waals surface area contributed by atoms with Gasteiger partial charge in [-0.3, -0.25) is 0 Å². The van der Waals surface area contributed by atoms with Crippen LogP contribution in [0.2, 0.25) is 0 Å². The highest BCUT2D eigenvalue weighted by atomic mass is 32.2. The predicted molar refractivity (Wildman–Crippen MR) is 74.4 cm³/mol. The molecule has 1 saturated carbocycles. The fourth-order valence-corrected chi connectivity index (χ4v) is 3.88. The van der Waals surface area contributed by atoms with Crippen molar-refractivity contribution in [3.63, 3.8) is 0 Å². The van der Waals surface area contributed by atoms with Gasteiger partial charge in [0.15, 0.2) is 0 Å². The Labute approximate surface area is 118 Å². The van der Waals surface area contributed by atoms with Gasteiger partial charge in [0.05, 0.1) is 0 Å². The number of hydrogen-bond acceptors (Lipinski definition) is 3. The SMILES string of the molecule is CC(C)n1cc(S(=O)(=O)NC2(C)CCC2)cc1C(=O)O. The molecule has 1 fully saturated rings. The van der Waals surface area contributed by atoms with E-state index in [1.165, 1.54) is 16.8 Å². The fraction of sp³-hybridized carbons (Fsp3) is 0.615. The van der Waals surface area contributed by atoms with E-state index >= 15 is 0 Å². The average Bonchev–Trinajstić information content (AvgIpc) is 2.71. The van der Waals surface area contributed by atoms with E-state index in [2.05, 4.69) is 4.72 Å². The number of sulfonamides is 1. The van der Waals surface area contributed by atoms with Crippen LogP contribution in [-0.4, -0.2) is 29.6 Å². The lowest BCUT2D eigenvalue weighted by molar-refractivity contribution is 0.0683. The summed E-state index contributed by atoms with van der Waals surface area (Å²) >= 11 is 0. The second-order valence-electron chi connectivity index (χ2n) is 5.89. The zero-order valence-corrected chi connectivity index (χ0v) is 12.7. The van der Waals surface area contributed by atoms with Gasteiger partial charge in [-0.2, -0.15) is 0 Å². The van der Waals surface area contributed by atoms with Crippen LogP contribution in [0.1, 0.15) is 56.6 Å². The third-order valence-electron chi connectivity index (χ3n) is 3.75. The van der Waals surface area contributed by atoms with Crippen LogP contribution in [0.4, 0.5) is 0 Å². The van der Waals surface area contributed by atoms with E-state index in [1.807, 2.05) is 20.8 Å². The van der Waals surface area contributed by atoms with Gasteiger partial charge in [0, 0.05) is 17.8 Å². The quantitative estimate of drug-likeness (QED) is 0.870. The molecule has 0 spiro atoms. The Morgan fingerprint density at radius 1 is 1.45 bits per heavy atom. The summed E-state index contributed by atoms with van der Waals surface area (Å²) < 4.78 is 28.8. The molecule has 20 heavy (non-hydrogen) atoms. The van der Waals surface area contributed by atoms with Crippen molar-refractivity contribution in [1.82, 2.24) is 9.29 Å². The molecule has 1 aliphatic rings. The topological polar surface area (TPSA) is 88.4 Å². The van der Waals surface area contributed by atoms with Crippen molar-refractivity contribution in [3.05, 3.63) is 18.0 Å². The highest BCUT2D eigenvalue weighted by molar-refractivity contribution is 7.89. The zero-order chi connectivity index (χ0) is 15.1. The van der Waals surface area contributed by atoms with Crippen LogP contribution in [0.3, 0.4) is 0 Å². The molecule has 0 amide bonds. The van der Waals surface area contributed by atoms with Crippen molar-refractivity contribution in [2.24, 2.45) is 0 Å². The number of aromatic nitrogens is 1. The number of carboxylic acid groups (broad SMARTS) is 1. The largest absolute Gasteiger partial charge is 0.477 e. The van der Waals surface area contributed by atoms with E-state index < -0.39 is 21.5 Å². The van der Waals surface area contributed by atoms with Crippen molar-refractivity contribution in [1.29, 1.82) is 0 Å². The van der Waals surface area contributed by atoms with Crippen molar-refractivity contribution >= 4 is 16.0 Å². The predicted octanol–water partition coefficient (Wildman–Crippen LogP) is 1.99. The maximum absolute atomic E-state index is 12.3. The number of carbonyl (C=O) groups is 1. The van der Waals surface area contributed by atoms with Crippen LogP contribution in [0, 0.1) is 0 Å². The molecule has 0 bridgehead atoms. The molecule has 0 saturated heterocycles. The Morgan fingerprint density at radius 3 is 2.40 bits per heavy atom. The van der Waals surface area contributed by atoms with Crippen LogP contribution in [0.5, 0.6) is 0 Å². The molecule has 2 N–H and O–H groups in total. The summed E-state index contributed by atoms with van der Waals surface area (Å²) in [5.74, 6) is -1.13. The summed E-state index contributed by atoms with van der Waals surface area (Å²) in [6, 6.07) is 1.09. The van der Waals surface area contributed by atoms with Gasteiger partial charge in [-0.25, -0.2) is 17.9 Å². The second kappa shape index (κ2) is 4.89. The van der Waals surface area contributed by atoms with E-state index in [4.69, 9.17) is 5.11 Å². The number of rotatable bonds is 5. The highest BCUT2D eigenvalue weighted by Gasteiger charge is 2.37. The second-order valence-corrected chi connectivity index (χ2v) is 7.57. The van der Waals surface area contributed by atoms with Crippen molar-refractivity contribution in [2.45, 2.75) is 56.5 Å². The van der Waals surface area contributed by atoms with Gasteiger partial charge in [0.2, 0.25) is 10.0 Å². The average molecular weight is 300 g/mol. The van der Waals surface area contributed by atoms with Gasteiger partial charge < -0.3 is 9.67 Å². The van der Waals surface area contributed by atoms with E-state index in [1.54, 1.807) is 0 Å². The maximum Gasteiger partial charge on any atom is 0.352 e. The minimum atomic E-state index is -3.68. The van der Waals surface area contributed by atoms with Gasteiger partial charge in [0.25, 0.3) is 0 Å². The van der Waals surface area contributed by atoms with Gasteiger partial charge >= 0.3 is 5.97 Å². The van der Waals surface area contributed by atoms with Crippen molar-refractivity contribution < 1.29 is 18.3 Å². The van der Waals surface area contributed by atoms with Crippen LogP contribution < -0.4 is 4.72 Å². The standard InChI is InChI=1S/C13H20N2O4S/c1-9(2)15-8-10(7-11(15)12(16)17)20(18,19)14-13(3)5-4-6-13/h7-9,14H,4-6H2,1-3H3,(H,16,17). The van der Waals surface area contributed by atoms with Crippen LogP contribution in [-0.2, 0) is 10.0 Å². The lowest BCUT2D eigenvalue weighted by atomic mass is 9.80. The van der Waals surface area contributed by atoms with Crippen molar-refractivity contribution in [3.8, 4) is 0 Å². The third kappa shape index (κ3) is 2.73. The fourth-order valence-electron chi connectivity index (χ4n) is 2.39. The molecule has 1 aromatic rings. The van der Waals surface area contributed by atoms with Crippen LogP contribution >= 0.6 is 0 Å². The molecule has 0 radical (unpaired) electrons. The number of aromatic carboxylic acids is 1. The molecule has 2 rings (SSSR count). The normalized spacial score (nSPS) is 18.0. The summed E-state index contributed by atoms with van der Waals surface area (Å²) in [7, 11) is -3.68. The van der Waals surface area contributed by atoms with Gasteiger partial charge in [-0.1, -0.05) is 0 Å². The minimum absolute atomic E-state index is 0.0109. The summed E-state index contributed by atoms with van der Waals surface area (Å²) in [6.45, 7) is 5.48. The lowest BCUT2D eigenvalue weighted by Gasteiger charge is -2.38. The number of nitrogens with zero attached hydrogens (tertiary/aromatic N) is 1. The highest BCUT2D eigenvalue weighted by Crippen LogP contribution is 2.33. The van der Waals surface area contributed by atoms with E-state index in [-0.39, 0.29) is 16.6 Å². The molecule has 0 unspecified atom stereocenters. The van der Waals surface area contributed by atoms with Gasteiger partial charge in [0.1, 0.15) is 10.6 Å². The first-order chi connectivity index (χ1) is 9.15. The Balaban J connectivity index is 2.37. The Hall–Kier alpha value is -1.34. The van der Waals surface area contributed by atoms with Crippen LogP contribution in [0.25, 0.3) is 0 Å². The minimum Gasteiger partial charge on any atom is -0.477 e.